The van der Waals surface area contributed by atoms with Gasteiger partial charge in [0, 0.05) is 13.2 Å². The minimum absolute atomic E-state index is 0.0862. The largest absolute Gasteiger partial charge is 0.396 e. The maximum Gasteiger partial charge on any atom is 0.253 e. The molecule has 0 bridgehead atoms. The van der Waals surface area contributed by atoms with Crippen LogP contribution in [0.25, 0.3) is 0 Å². The smallest absolute Gasteiger partial charge is 0.253 e. The molecule has 1 aromatic rings. The number of aliphatic hydroxyl groups excluding tert-OH is 1. The number of hydrogen-bond acceptors (Lipinski definition) is 3. The van der Waals surface area contributed by atoms with E-state index in [4.69, 9.17) is 9.84 Å². The highest BCUT2D eigenvalue weighted by Gasteiger charge is 2.26. The van der Waals surface area contributed by atoms with E-state index in [2.05, 4.69) is 5.32 Å². The van der Waals surface area contributed by atoms with Crippen molar-refractivity contribution in [3.05, 3.63) is 35.4 Å². The maximum atomic E-state index is 12.2. The number of benzene rings is 1. The summed E-state index contributed by atoms with van der Waals surface area (Å²) in [5.74, 6) is 0.185. The van der Waals surface area contributed by atoms with Gasteiger partial charge >= 0.3 is 0 Å². The molecule has 0 saturated carbocycles. The van der Waals surface area contributed by atoms with E-state index in [1.807, 2.05) is 31.2 Å². The van der Waals surface area contributed by atoms with Crippen molar-refractivity contribution in [2.75, 3.05) is 19.8 Å². The molecule has 0 spiro atoms. The number of carbonyl (C=O) groups is 1. The third-order valence-electron chi connectivity index (χ3n) is 3.48. The van der Waals surface area contributed by atoms with Gasteiger partial charge in [-0.3, -0.25) is 4.79 Å². The molecule has 2 unspecified atom stereocenters. The highest BCUT2D eigenvalue weighted by atomic mass is 16.5. The second-order valence-corrected chi connectivity index (χ2v) is 5.06. The third-order valence-corrected chi connectivity index (χ3v) is 3.48. The molecule has 4 heteroatoms. The number of nitrogens with one attached hydrogen (secondary N) is 1. The first-order valence-electron chi connectivity index (χ1n) is 6.80. The molecule has 0 aromatic heterocycles. The Kier molecular flexibility index (Phi) is 4.93. The van der Waals surface area contributed by atoms with Gasteiger partial charge < -0.3 is 15.2 Å². The van der Waals surface area contributed by atoms with Crippen molar-refractivity contribution in [1.82, 2.24) is 5.32 Å². The van der Waals surface area contributed by atoms with Crippen LogP contribution in [0, 0.1) is 5.92 Å². The highest BCUT2D eigenvalue weighted by molar-refractivity contribution is 5.82. The van der Waals surface area contributed by atoms with Crippen molar-refractivity contribution in [3.63, 3.8) is 0 Å². The Labute approximate surface area is 113 Å². The second kappa shape index (κ2) is 6.68. The fourth-order valence-corrected chi connectivity index (χ4v) is 2.30. The topological polar surface area (TPSA) is 58.6 Å². The van der Waals surface area contributed by atoms with Crippen LogP contribution in [0.4, 0.5) is 0 Å². The van der Waals surface area contributed by atoms with E-state index in [1.54, 1.807) is 0 Å². The Morgan fingerprint density at radius 2 is 2.32 bits per heavy atom. The van der Waals surface area contributed by atoms with Gasteiger partial charge in [0.15, 0.2) is 6.10 Å². The molecule has 0 fully saturated rings. The van der Waals surface area contributed by atoms with E-state index in [0.29, 0.717) is 19.6 Å². The van der Waals surface area contributed by atoms with Crippen molar-refractivity contribution >= 4 is 5.91 Å². The number of carbonyl (C=O) groups excluding carboxylic acids is 1. The normalized spacial score (nSPS) is 19.6. The van der Waals surface area contributed by atoms with Crippen LogP contribution in [0.1, 0.15) is 30.6 Å². The predicted molar refractivity (Wildman–Crippen MR) is 72.7 cm³/mol. The Morgan fingerprint density at radius 1 is 1.53 bits per heavy atom. The van der Waals surface area contributed by atoms with Gasteiger partial charge in [-0.1, -0.05) is 31.2 Å². The van der Waals surface area contributed by atoms with Gasteiger partial charge in [-0.15, -0.1) is 0 Å². The van der Waals surface area contributed by atoms with Crippen molar-refractivity contribution in [2.45, 2.75) is 25.9 Å². The lowest BCUT2D eigenvalue weighted by Crippen LogP contribution is -2.36. The van der Waals surface area contributed by atoms with Crippen molar-refractivity contribution in [2.24, 2.45) is 5.92 Å². The Hall–Kier alpha value is -1.39. The summed E-state index contributed by atoms with van der Waals surface area (Å²) < 4.78 is 5.60. The average Bonchev–Trinajstić information content (AvgIpc) is 2.44. The van der Waals surface area contributed by atoms with Crippen LogP contribution in [0.15, 0.2) is 24.3 Å². The van der Waals surface area contributed by atoms with E-state index in [9.17, 15) is 4.79 Å². The predicted octanol–water partition coefficient (Wildman–Crippen LogP) is 1.44. The molecule has 1 aliphatic heterocycles. The number of aliphatic hydroxyl groups is 1. The number of ether oxygens (including phenoxy) is 1. The molecule has 1 amide bonds. The molecule has 0 radical (unpaired) electrons. The van der Waals surface area contributed by atoms with Gasteiger partial charge in [0.2, 0.25) is 0 Å². The van der Waals surface area contributed by atoms with E-state index >= 15 is 0 Å². The van der Waals surface area contributed by atoms with E-state index in [0.717, 1.165) is 12.0 Å². The molecule has 104 valence electrons. The molecule has 1 aromatic carbocycles. The zero-order valence-electron chi connectivity index (χ0n) is 11.3. The monoisotopic (exact) mass is 263 g/mol. The number of amides is 1. The molecule has 1 aliphatic rings. The van der Waals surface area contributed by atoms with Gasteiger partial charge in [0.1, 0.15) is 0 Å². The molecular formula is C15H21NO3. The van der Waals surface area contributed by atoms with Crippen molar-refractivity contribution in [1.29, 1.82) is 0 Å². The fourth-order valence-electron chi connectivity index (χ4n) is 2.30. The molecule has 2 N–H and O–H groups in total. The number of rotatable bonds is 5. The lowest BCUT2D eigenvalue weighted by molar-refractivity contribution is -0.134. The molecule has 2 rings (SSSR count). The molecule has 0 aliphatic carbocycles. The zero-order valence-corrected chi connectivity index (χ0v) is 11.3. The molecule has 1 heterocycles. The number of hydrogen-bond donors (Lipinski definition) is 2. The molecule has 19 heavy (non-hydrogen) atoms. The minimum Gasteiger partial charge on any atom is -0.396 e. The first-order chi connectivity index (χ1) is 9.22. The summed E-state index contributed by atoms with van der Waals surface area (Å²) in [5, 5.41) is 11.7. The molecule has 2 atom stereocenters. The zero-order chi connectivity index (χ0) is 13.7. The minimum atomic E-state index is -0.494. The van der Waals surface area contributed by atoms with E-state index in [1.165, 1.54) is 5.56 Å². The summed E-state index contributed by atoms with van der Waals surface area (Å²) in [5.41, 5.74) is 2.17. The van der Waals surface area contributed by atoms with Crippen LogP contribution >= 0.6 is 0 Å². The van der Waals surface area contributed by atoms with Gasteiger partial charge in [-0.2, -0.15) is 0 Å². The Bertz CT molecular complexity index is 433. The summed E-state index contributed by atoms with van der Waals surface area (Å²) in [6, 6.07) is 7.92. The standard InChI is InChI=1S/C15H21NO3/c1-11(6-8-17)10-16-15(18)14-13-5-3-2-4-12(13)7-9-19-14/h2-5,11,14,17H,6-10H2,1H3,(H,16,18). The molecule has 0 saturated heterocycles. The number of fused-ring (bicyclic) bond motifs is 1. The van der Waals surface area contributed by atoms with Crippen LogP contribution in [-0.2, 0) is 16.0 Å². The quantitative estimate of drug-likeness (QED) is 0.845. The van der Waals surface area contributed by atoms with Crippen LogP contribution in [0.3, 0.4) is 0 Å². The SMILES string of the molecule is CC(CCO)CNC(=O)C1OCCc2ccccc21. The summed E-state index contributed by atoms with van der Waals surface area (Å²) in [6.45, 7) is 3.31. The van der Waals surface area contributed by atoms with Crippen LogP contribution in [0.5, 0.6) is 0 Å². The van der Waals surface area contributed by atoms with Gasteiger partial charge in [0.25, 0.3) is 5.91 Å². The molecular weight excluding hydrogens is 242 g/mol. The Balaban J connectivity index is 1.97. The Morgan fingerprint density at radius 3 is 3.11 bits per heavy atom. The third kappa shape index (κ3) is 3.55. The molecule has 4 nitrogen and oxygen atoms in total. The van der Waals surface area contributed by atoms with Crippen molar-refractivity contribution < 1.29 is 14.6 Å². The summed E-state index contributed by atoms with van der Waals surface area (Å²) in [6.07, 6.45) is 1.06. The van der Waals surface area contributed by atoms with Crippen LogP contribution in [-0.4, -0.2) is 30.8 Å². The van der Waals surface area contributed by atoms with Gasteiger partial charge in [0.05, 0.1) is 6.61 Å². The van der Waals surface area contributed by atoms with E-state index in [-0.39, 0.29) is 18.4 Å². The summed E-state index contributed by atoms with van der Waals surface area (Å²) in [7, 11) is 0. The lowest BCUT2D eigenvalue weighted by Gasteiger charge is -2.25. The first-order valence-corrected chi connectivity index (χ1v) is 6.80. The van der Waals surface area contributed by atoms with E-state index < -0.39 is 6.10 Å². The second-order valence-electron chi connectivity index (χ2n) is 5.06. The van der Waals surface area contributed by atoms with Crippen molar-refractivity contribution in [3.8, 4) is 0 Å². The lowest BCUT2D eigenvalue weighted by atomic mass is 9.97. The van der Waals surface area contributed by atoms with Crippen LogP contribution in [0.2, 0.25) is 0 Å². The maximum absolute atomic E-state index is 12.2. The van der Waals surface area contributed by atoms with Gasteiger partial charge in [-0.25, -0.2) is 0 Å². The summed E-state index contributed by atoms with van der Waals surface area (Å²) >= 11 is 0. The average molecular weight is 263 g/mol. The van der Waals surface area contributed by atoms with Crippen LogP contribution < -0.4 is 5.32 Å². The first kappa shape index (κ1) is 14.0. The fraction of sp³-hybridized carbons (Fsp3) is 0.533. The highest BCUT2D eigenvalue weighted by Crippen LogP contribution is 2.26. The van der Waals surface area contributed by atoms with Gasteiger partial charge in [-0.05, 0) is 29.9 Å². The summed E-state index contributed by atoms with van der Waals surface area (Å²) in [4.78, 5) is 12.2.